The van der Waals surface area contributed by atoms with Crippen molar-refractivity contribution in [2.45, 2.75) is 37.6 Å². The molecule has 0 bridgehead atoms. The number of aromatic nitrogens is 4. The summed E-state index contributed by atoms with van der Waals surface area (Å²) in [5.74, 6) is 0.202. The molecule has 3 rings (SSSR count). The van der Waals surface area contributed by atoms with Gasteiger partial charge in [0.15, 0.2) is 5.78 Å². The first-order chi connectivity index (χ1) is 12.9. The van der Waals surface area contributed by atoms with Gasteiger partial charge in [-0.1, -0.05) is 17.8 Å². The number of H-pyrrole nitrogens is 2. The summed E-state index contributed by atoms with van der Waals surface area (Å²) in [6.45, 7) is 5.29. The first kappa shape index (κ1) is 19.4. The number of carbonyl (C=O) groups is 2. The topological polar surface area (TPSA) is 101 Å². The second-order valence-electron chi connectivity index (χ2n) is 6.06. The molecule has 1 atom stereocenters. The molecule has 0 aliphatic carbocycles. The molecule has 3 aromatic rings. The number of hydrogen-bond donors (Lipinski definition) is 2. The molecule has 9 heteroatoms. The maximum atomic E-state index is 12.8. The van der Waals surface area contributed by atoms with Crippen molar-refractivity contribution in [2.75, 3.05) is 7.11 Å². The molecule has 1 unspecified atom stereocenters. The number of thiophene rings is 1. The van der Waals surface area contributed by atoms with Gasteiger partial charge in [-0.2, -0.15) is 0 Å². The highest BCUT2D eigenvalue weighted by Crippen LogP contribution is 2.26. The van der Waals surface area contributed by atoms with Gasteiger partial charge in [0.25, 0.3) is 0 Å². The standard InChI is InChI=1S/C18H20N4O3S2/c1-9-14(17(24)25-4)10(2)19-15(9)16(23)11(3)27-18-20-13(21-22-18)8-12-6-5-7-26-12/h5-7,11,19H,8H2,1-4H3,(H,20,21,22). The van der Waals surface area contributed by atoms with Crippen molar-refractivity contribution in [2.24, 2.45) is 0 Å². The van der Waals surface area contributed by atoms with Crippen molar-refractivity contribution in [3.63, 3.8) is 0 Å². The van der Waals surface area contributed by atoms with Gasteiger partial charge in [-0.05, 0) is 37.8 Å². The molecular weight excluding hydrogens is 384 g/mol. The fourth-order valence-corrected chi connectivity index (χ4v) is 4.32. The van der Waals surface area contributed by atoms with Crippen LogP contribution >= 0.6 is 23.1 Å². The minimum Gasteiger partial charge on any atom is -0.465 e. The molecule has 0 spiro atoms. The number of nitrogens with one attached hydrogen (secondary N) is 2. The molecule has 142 valence electrons. The molecule has 27 heavy (non-hydrogen) atoms. The maximum Gasteiger partial charge on any atom is 0.339 e. The van der Waals surface area contributed by atoms with Crippen molar-refractivity contribution in [1.82, 2.24) is 20.2 Å². The number of aromatic amines is 2. The maximum absolute atomic E-state index is 12.8. The average Bonchev–Trinajstić information content (AvgIpc) is 3.36. The lowest BCUT2D eigenvalue weighted by Gasteiger charge is -2.07. The Labute approximate surface area is 164 Å². The number of esters is 1. The third-order valence-electron chi connectivity index (χ3n) is 4.16. The molecule has 2 N–H and O–H groups in total. The van der Waals surface area contributed by atoms with Crippen LogP contribution in [0.1, 0.15) is 49.7 Å². The third-order valence-corrected chi connectivity index (χ3v) is 6.00. The number of ether oxygens (including phenoxy) is 1. The van der Waals surface area contributed by atoms with Crippen LogP contribution in [0.25, 0.3) is 0 Å². The van der Waals surface area contributed by atoms with E-state index < -0.39 is 11.2 Å². The van der Waals surface area contributed by atoms with Gasteiger partial charge >= 0.3 is 5.97 Å². The molecule has 0 amide bonds. The number of thioether (sulfide) groups is 1. The molecule has 0 radical (unpaired) electrons. The summed E-state index contributed by atoms with van der Waals surface area (Å²) in [5, 5.41) is 9.25. The van der Waals surface area contributed by atoms with Crippen LogP contribution in [0.2, 0.25) is 0 Å². The van der Waals surface area contributed by atoms with Gasteiger partial charge in [0.05, 0.1) is 23.6 Å². The Morgan fingerprint density at radius 2 is 2.15 bits per heavy atom. The molecule has 3 aromatic heterocycles. The monoisotopic (exact) mass is 404 g/mol. The third kappa shape index (κ3) is 4.14. The molecule has 0 saturated carbocycles. The van der Waals surface area contributed by atoms with Gasteiger partial charge < -0.3 is 9.72 Å². The van der Waals surface area contributed by atoms with Gasteiger partial charge in [-0.15, -0.1) is 16.4 Å². The lowest BCUT2D eigenvalue weighted by atomic mass is 10.1. The van der Waals surface area contributed by atoms with E-state index in [0.717, 1.165) is 5.82 Å². The van der Waals surface area contributed by atoms with E-state index in [9.17, 15) is 9.59 Å². The Balaban J connectivity index is 1.71. The largest absolute Gasteiger partial charge is 0.465 e. The average molecular weight is 405 g/mol. The summed E-state index contributed by atoms with van der Waals surface area (Å²) < 4.78 is 4.79. The number of Topliss-reactive ketones (excluding diaryl/α,β-unsaturated/α-hetero) is 1. The summed E-state index contributed by atoms with van der Waals surface area (Å²) in [5.41, 5.74) is 2.05. The first-order valence-electron chi connectivity index (χ1n) is 8.32. The van der Waals surface area contributed by atoms with E-state index in [1.54, 1.807) is 32.1 Å². The highest BCUT2D eigenvalue weighted by atomic mass is 32.2. The molecule has 0 aliphatic rings. The van der Waals surface area contributed by atoms with E-state index in [2.05, 4.69) is 20.2 Å². The number of nitrogens with zero attached hydrogens (tertiary/aromatic N) is 2. The van der Waals surface area contributed by atoms with Crippen LogP contribution in [0, 0.1) is 13.8 Å². The summed E-state index contributed by atoms with van der Waals surface area (Å²) >= 11 is 2.94. The fourth-order valence-electron chi connectivity index (χ4n) is 2.81. The van der Waals surface area contributed by atoms with Crippen molar-refractivity contribution >= 4 is 34.9 Å². The van der Waals surface area contributed by atoms with Crippen LogP contribution in [-0.2, 0) is 11.2 Å². The number of rotatable bonds is 7. The molecular formula is C18H20N4O3S2. The molecule has 0 fully saturated rings. The summed E-state index contributed by atoms with van der Waals surface area (Å²) in [7, 11) is 1.32. The van der Waals surface area contributed by atoms with Gasteiger partial charge in [0.2, 0.25) is 5.16 Å². The quantitative estimate of drug-likeness (QED) is 0.355. The molecule has 0 saturated heterocycles. The fraction of sp³-hybridized carbons (Fsp3) is 0.333. The Morgan fingerprint density at radius 1 is 1.37 bits per heavy atom. The lowest BCUT2D eigenvalue weighted by Crippen LogP contribution is -2.15. The number of ketones is 1. The Hall–Kier alpha value is -2.39. The van der Waals surface area contributed by atoms with Crippen LogP contribution in [0.4, 0.5) is 0 Å². The predicted octanol–water partition coefficient (Wildman–Crippen LogP) is 3.55. The van der Waals surface area contributed by atoms with E-state index in [0.29, 0.717) is 34.1 Å². The van der Waals surface area contributed by atoms with Crippen molar-refractivity contribution < 1.29 is 14.3 Å². The summed E-state index contributed by atoms with van der Waals surface area (Å²) in [4.78, 5) is 33.4. The minimum atomic E-state index is -0.451. The predicted molar refractivity (Wildman–Crippen MR) is 105 cm³/mol. The minimum absolute atomic E-state index is 0.111. The number of aryl methyl sites for hydroxylation is 1. The molecule has 0 aromatic carbocycles. The van der Waals surface area contributed by atoms with Crippen LogP contribution in [0.15, 0.2) is 22.7 Å². The van der Waals surface area contributed by atoms with Crippen LogP contribution in [-0.4, -0.2) is 44.3 Å². The SMILES string of the molecule is COC(=O)c1c(C)[nH]c(C(=O)C(C)Sc2n[nH]c(Cc3cccs3)n2)c1C. The first-order valence-corrected chi connectivity index (χ1v) is 10.1. The van der Waals surface area contributed by atoms with Crippen molar-refractivity contribution in [3.05, 3.63) is 50.7 Å². The Bertz CT molecular complexity index is 960. The van der Waals surface area contributed by atoms with Crippen LogP contribution in [0.5, 0.6) is 0 Å². The van der Waals surface area contributed by atoms with E-state index in [4.69, 9.17) is 4.74 Å². The molecule has 7 nitrogen and oxygen atoms in total. The second kappa shape index (κ2) is 8.10. The van der Waals surface area contributed by atoms with Gasteiger partial charge in [0.1, 0.15) is 5.82 Å². The van der Waals surface area contributed by atoms with Crippen molar-refractivity contribution in [1.29, 1.82) is 0 Å². The van der Waals surface area contributed by atoms with E-state index >= 15 is 0 Å². The number of methoxy groups -OCH3 is 1. The number of hydrogen-bond acceptors (Lipinski definition) is 7. The molecule has 0 aliphatic heterocycles. The van der Waals surface area contributed by atoms with Gasteiger partial charge in [-0.3, -0.25) is 9.89 Å². The normalized spacial score (nSPS) is 12.1. The lowest BCUT2D eigenvalue weighted by molar-refractivity contribution is 0.0599. The van der Waals surface area contributed by atoms with Gasteiger partial charge in [-0.25, -0.2) is 9.78 Å². The van der Waals surface area contributed by atoms with Gasteiger partial charge in [0, 0.05) is 17.0 Å². The molecule has 3 heterocycles. The number of carbonyl (C=O) groups excluding carboxylic acids is 2. The van der Waals surface area contributed by atoms with E-state index in [1.807, 2.05) is 17.5 Å². The van der Waals surface area contributed by atoms with Crippen LogP contribution < -0.4 is 0 Å². The zero-order valence-electron chi connectivity index (χ0n) is 15.5. The highest BCUT2D eigenvalue weighted by Gasteiger charge is 2.26. The van der Waals surface area contributed by atoms with E-state index in [1.165, 1.54) is 23.7 Å². The van der Waals surface area contributed by atoms with Crippen molar-refractivity contribution in [3.8, 4) is 0 Å². The zero-order valence-corrected chi connectivity index (χ0v) is 17.1. The smallest absolute Gasteiger partial charge is 0.339 e. The Morgan fingerprint density at radius 3 is 2.81 bits per heavy atom. The summed E-state index contributed by atoms with van der Waals surface area (Å²) in [6.07, 6.45) is 0.685. The highest BCUT2D eigenvalue weighted by molar-refractivity contribution is 8.00. The van der Waals surface area contributed by atoms with E-state index in [-0.39, 0.29) is 5.78 Å². The Kier molecular flexibility index (Phi) is 5.81. The zero-order chi connectivity index (χ0) is 19.6. The second-order valence-corrected chi connectivity index (χ2v) is 8.40. The summed E-state index contributed by atoms with van der Waals surface area (Å²) in [6, 6.07) is 4.04. The van der Waals surface area contributed by atoms with Crippen LogP contribution in [0.3, 0.4) is 0 Å².